The molecule has 0 aromatic carbocycles. The number of aliphatic hydroxyl groups excluding tert-OH is 8. The highest BCUT2D eigenvalue weighted by molar-refractivity contribution is 5.16. The molecule has 8 N–H and O–H groups in total. The van der Waals surface area contributed by atoms with Gasteiger partial charge in [-0.15, -0.1) is 0 Å². The maximum atomic E-state index is 11.2. The molecule has 4 heterocycles. The van der Waals surface area contributed by atoms with E-state index in [1.165, 1.54) is 0 Å². The quantitative estimate of drug-likeness (QED) is 0.173. The lowest BCUT2D eigenvalue weighted by Gasteiger charge is -2.61. The van der Waals surface area contributed by atoms with Gasteiger partial charge in [0.25, 0.3) is 0 Å². The molecule has 0 amide bonds. The van der Waals surface area contributed by atoms with Crippen LogP contribution in [0.2, 0.25) is 0 Å². The second-order valence-corrected chi connectivity index (χ2v) is 18.8. The Hall–Kier alpha value is -0.560. The predicted octanol–water partition coefficient (Wildman–Crippen LogP) is 0.413. The summed E-state index contributed by atoms with van der Waals surface area (Å²) in [5, 5.41) is 83.9. The minimum Gasteiger partial charge on any atom is -0.394 e. The summed E-state index contributed by atoms with van der Waals surface area (Å²) in [5.74, 6) is 2.05. The first-order valence-electron chi connectivity index (χ1n) is 20.4. The second-order valence-electron chi connectivity index (χ2n) is 18.8. The molecule has 53 heavy (non-hydrogen) atoms. The van der Waals surface area contributed by atoms with Crippen molar-refractivity contribution >= 4 is 0 Å². The van der Waals surface area contributed by atoms with Crippen molar-refractivity contribution in [2.75, 3.05) is 19.8 Å². The van der Waals surface area contributed by atoms with E-state index in [1.54, 1.807) is 0 Å². The molecule has 8 fully saturated rings. The van der Waals surface area contributed by atoms with E-state index >= 15 is 0 Å². The standard InChI is InChI=1S/C39H64O14/c1-17-11-27(42)39(48-16-17)18(2)28-24(53-39)13-23-21-6-5-19-12-20(7-9-37(19,3)22(21)8-10-38(23,28)4)49-36-34(32(46)30(44)26(15-41)51-36)52-35-33(47)31(45)29(43)25(14-40)50-35/h17-36,40-47H,5-16H2,1-4H3/t17-,18-,19-,20-,21+,22-,23-,24-,25-,26+,27+,28-,29-,30-,31+,32+,33-,34+,35+,36-,37+,38-,39+/m0/s1. The van der Waals surface area contributed by atoms with E-state index in [-0.39, 0.29) is 29.0 Å². The zero-order valence-electron chi connectivity index (χ0n) is 31.6. The predicted molar refractivity (Wildman–Crippen MR) is 184 cm³/mol. The zero-order valence-corrected chi connectivity index (χ0v) is 31.6. The van der Waals surface area contributed by atoms with Gasteiger partial charge in [-0.05, 0) is 104 Å². The largest absolute Gasteiger partial charge is 0.394 e. The molecule has 4 saturated carbocycles. The van der Waals surface area contributed by atoms with E-state index in [2.05, 4.69) is 27.7 Å². The van der Waals surface area contributed by atoms with Crippen LogP contribution in [0.5, 0.6) is 0 Å². The van der Waals surface area contributed by atoms with Crippen molar-refractivity contribution in [2.45, 2.75) is 171 Å². The number of hydrogen-bond donors (Lipinski definition) is 8. The monoisotopic (exact) mass is 756 g/mol. The van der Waals surface area contributed by atoms with Gasteiger partial charge in [0, 0.05) is 5.92 Å². The summed E-state index contributed by atoms with van der Waals surface area (Å²) in [7, 11) is 0. The molecule has 14 nitrogen and oxygen atoms in total. The van der Waals surface area contributed by atoms with Crippen LogP contribution in [-0.2, 0) is 28.4 Å². The van der Waals surface area contributed by atoms with Gasteiger partial charge < -0.3 is 69.3 Å². The molecule has 304 valence electrons. The Morgan fingerprint density at radius 1 is 0.679 bits per heavy atom. The number of aliphatic hydroxyl groups is 8. The van der Waals surface area contributed by atoms with E-state index in [1.807, 2.05) is 0 Å². The maximum Gasteiger partial charge on any atom is 0.197 e. The smallest absolute Gasteiger partial charge is 0.197 e. The molecule has 8 aliphatic rings. The molecule has 0 aromatic rings. The van der Waals surface area contributed by atoms with Crippen LogP contribution < -0.4 is 0 Å². The normalized spacial score (nSPS) is 59.5. The molecule has 0 bridgehead atoms. The maximum absolute atomic E-state index is 11.2. The first-order chi connectivity index (χ1) is 25.2. The SMILES string of the molecule is C[C@@H]1CO[C@]2(O[C@H]3C[C@H]4[C@@H]5CC[C@H]6C[C@@H](O[C@H]7O[C@H](CO)[C@H](O)[C@@H](O)[C@H]7O[C@H]7O[C@@H](CO)[C@H](O)[C@@H](O)[C@@H]7O)CC[C@@]6(C)[C@H]5CC[C@]4(C)[C@H]3[C@@H]2C)[C@H](O)C1. The fraction of sp³-hybridized carbons (Fsp3) is 1.00. The van der Waals surface area contributed by atoms with Crippen LogP contribution in [0.4, 0.5) is 0 Å². The van der Waals surface area contributed by atoms with Crippen molar-refractivity contribution in [2.24, 2.45) is 52.3 Å². The topological polar surface area (TPSA) is 217 Å². The Bertz CT molecular complexity index is 1310. The number of fused-ring (bicyclic) bond motifs is 7. The van der Waals surface area contributed by atoms with Gasteiger partial charge in [0.15, 0.2) is 18.4 Å². The Morgan fingerprint density at radius 2 is 1.36 bits per heavy atom. The molecule has 1 spiro atoms. The summed E-state index contributed by atoms with van der Waals surface area (Å²) in [4.78, 5) is 0. The van der Waals surface area contributed by atoms with Gasteiger partial charge in [0.2, 0.25) is 0 Å². The van der Waals surface area contributed by atoms with Gasteiger partial charge in [-0.2, -0.15) is 0 Å². The lowest BCUT2D eigenvalue weighted by atomic mass is 9.44. The van der Waals surface area contributed by atoms with Crippen LogP contribution in [-0.4, -0.2) is 146 Å². The van der Waals surface area contributed by atoms with E-state index in [9.17, 15) is 40.9 Å². The van der Waals surface area contributed by atoms with Crippen LogP contribution in [0.3, 0.4) is 0 Å². The molecule has 0 unspecified atom stereocenters. The molecule has 0 radical (unpaired) electrons. The average Bonchev–Trinajstić information content (AvgIpc) is 3.59. The van der Waals surface area contributed by atoms with Crippen molar-refractivity contribution in [3.05, 3.63) is 0 Å². The van der Waals surface area contributed by atoms with Gasteiger partial charge in [0.05, 0.1) is 32.0 Å². The third-order valence-corrected chi connectivity index (χ3v) is 16.2. The highest BCUT2D eigenvalue weighted by atomic mass is 16.8. The summed E-state index contributed by atoms with van der Waals surface area (Å²) in [6.45, 7) is 8.73. The van der Waals surface area contributed by atoms with Gasteiger partial charge in [-0.25, -0.2) is 0 Å². The Kier molecular flexibility index (Phi) is 10.6. The van der Waals surface area contributed by atoms with E-state index < -0.39 is 86.5 Å². The van der Waals surface area contributed by atoms with Gasteiger partial charge in [-0.1, -0.05) is 27.7 Å². The number of rotatable bonds is 6. The van der Waals surface area contributed by atoms with Crippen molar-refractivity contribution in [3.63, 3.8) is 0 Å². The van der Waals surface area contributed by atoms with E-state index in [0.29, 0.717) is 48.5 Å². The summed E-state index contributed by atoms with van der Waals surface area (Å²) in [6.07, 6.45) is -6.75. The minimum absolute atomic E-state index is 0.0988. The molecule has 14 heteroatoms. The van der Waals surface area contributed by atoms with E-state index in [4.69, 9.17) is 28.4 Å². The molecule has 23 atom stereocenters. The van der Waals surface area contributed by atoms with Gasteiger partial charge >= 0.3 is 0 Å². The molecule has 8 rings (SSSR count). The molecule has 4 aliphatic heterocycles. The van der Waals surface area contributed by atoms with Crippen LogP contribution in [0, 0.1) is 52.3 Å². The summed E-state index contributed by atoms with van der Waals surface area (Å²) >= 11 is 0. The summed E-state index contributed by atoms with van der Waals surface area (Å²) in [5.41, 5.74) is 0.255. The average molecular weight is 757 g/mol. The van der Waals surface area contributed by atoms with Crippen LogP contribution in [0.15, 0.2) is 0 Å². The second kappa shape index (κ2) is 14.4. The fourth-order valence-corrected chi connectivity index (χ4v) is 13.3. The molecule has 4 saturated heterocycles. The van der Waals surface area contributed by atoms with Crippen LogP contribution >= 0.6 is 0 Å². The van der Waals surface area contributed by atoms with Crippen molar-refractivity contribution in [3.8, 4) is 0 Å². The lowest BCUT2D eigenvalue weighted by molar-refractivity contribution is -0.373. The Balaban J connectivity index is 0.945. The van der Waals surface area contributed by atoms with Crippen LogP contribution in [0.25, 0.3) is 0 Å². The zero-order chi connectivity index (χ0) is 37.8. The van der Waals surface area contributed by atoms with Crippen molar-refractivity contribution in [1.29, 1.82) is 0 Å². The third kappa shape index (κ3) is 6.11. The van der Waals surface area contributed by atoms with E-state index in [0.717, 1.165) is 51.4 Å². The summed E-state index contributed by atoms with van der Waals surface area (Å²) < 4.78 is 37.2. The minimum atomic E-state index is -1.72. The van der Waals surface area contributed by atoms with Crippen LogP contribution in [0.1, 0.15) is 85.5 Å². The molecule has 0 aromatic heterocycles. The Labute approximate surface area is 312 Å². The third-order valence-electron chi connectivity index (χ3n) is 16.2. The number of ether oxygens (including phenoxy) is 6. The fourth-order valence-electron chi connectivity index (χ4n) is 13.3. The highest BCUT2D eigenvalue weighted by Gasteiger charge is 2.71. The first kappa shape index (κ1) is 39.3. The summed E-state index contributed by atoms with van der Waals surface area (Å²) in [6, 6.07) is 0. The van der Waals surface area contributed by atoms with Crippen molar-refractivity contribution < 1.29 is 69.3 Å². The first-order valence-corrected chi connectivity index (χ1v) is 20.4. The van der Waals surface area contributed by atoms with Crippen molar-refractivity contribution in [1.82, 2.24) is 0 Å². The molecule has 4 aliphatic carbocycles. The molecular formula is C39H64O14. The molecular weight excluding hydrogens is 692 g/mol. The van der Waals surface area contributed by atoms with Gasteiger partial charge in [-0.3, -0.25) is 0 Å². The highest BCUT2D eigenvalue weighted by Crippen LogP contribution is 2.71. The lowest BCUT2D eigenvalue weighted by Crippen LogP contribution is -2.65. The van der Waals surface area contributed by atoms with Gasteiger partial charge in [0.1, 0.15) is 54.9 Å². The number of hydrogen-bond acceptors (Lipinski definition) is 14. The Morgan fingerprint density at radius 3 is 2.06 bits per heavy atom.